The highest BCUT2D eigenvalue weighted by molar-refractivity contribution is 5.04. The molecule has 0 radical (unpaired) electrons. The van der Waals surface area contributed by atoms with Crippen molar-refractivity contribution in [2.75, 3.05) is 6.54 Å². The molecule has 2 fully saturated rings. The Morgan fingerprint density at radius 2 is 2.38 bits per heavy atom. The van der Waals surface area contributed by atoms with Gasteiger partial charge in [-0.05, 0) is 13.3 Å². The van der Waals surface area contributed by atoms with Crippen LogP contribution in [0.1, 0.15) is 13.3 Å². The van der Waals surface area contributed by atoms with Gasteiger partial charge in [0.15, 0.2) is 0 Å². The summed E-state index contributed by atoms with van der Waals surface area (Å²) in [5.41, 5.74) is 0. The quantitative estimate of drug-likeness (QED) is 0.471. The summed E-state index contributed by atoms with van der Waals surface area (Å²) in [6.07, 6.45) is 1.22. The molecule has 0 aliphatic carbocycles. The number of hydrogen-bond donors (Lipinski definition) is 1. The van der Waals surface area contributed by atoms with Crippen LogP contribution in [0, 0.1) is 0 Å². The third-order valence-corrected chi connectivity index (χ3v) is 2.42. The average molecular weight is 113 g/mol. The average Bonchev–Trinajstić information content (AvgIpc) is 1.76. The van der Waals surface area contributed by atoms with Crippen molar-refractivity contribution in [3.8, 4) is 0 Å². The highest BCUT2D eigenvalue weighted by atomic mass is 16.3. The molecule has 2 nitrogen and oxygen atoms in total. The second-order valence-corrected chi connectivity index (χ2v) is 2.92. The molecule has 1 N–H and O–H groups in total. The zero-order valence-corrected chi connectivity index (χ0v) is 5.04. The number of fused-ring (bicyclic) bond motifs is 1. The number of aliphatic hydroxyl groups excluding tert-OH is 1. The van der Waals surface area contributed by atoms with Crippen LogP contribution >= 0.6 is 0 Å². The lowest BCUT2D eigenvalue weighted by atomic mass is 9.81. The first-order valence-electron chi connectivity index (χ1n) is 3.23. The third kappa shape index (κ3) is 0.361. The Morgan fingerprint density at radius 3 is 2.50 bits per heavy atom. The smallest absolute Gasteiger partial charge is 0.0822 e. The van der Waals surface area contributed by atoms with Crippen LogP contribution in [0.5, 0.6) is 0 Å². The van der Waals surface area contributed by atoms with E-state index in [2.05, 4.69) is 11.8 Å². The van der Waals surface area contributed by atoms with Gasteiger partial charge in [0.2, 0.25) is 0 Å². The molecule has 0 spiro atoms. The van der Waals surface area contributed by atoms with Gasteiger partial charge in [-0.2, -0.15) is 0 Å². The summed E-state index contributed by atoms with van der Waals surface area (Å²) < 4.78 is 0. The first kappa shape index (κ1) is 4.77. The summed E-state index contributed by atoms with van der Waals surface area (Å²) >= 11 is 0. The zero-order chi connectivity index (χ0) is 5.72. The number of rotatable bonds is 0. The van der Waals surface area contributed by atoms with Crippen LogP contribution in [0.2, 0.25) is 0 Å². The predicted molar refractivity (Wildman–Crippen MR) is 30.6 cm³/mol. The van der Waals surface area contributed by atoms with Crippen LogP contribution in [-0.4, -0.2) is 34.7 Å². The minimum Gasteiger partial charge on any atom is -0.390 e. The van der Waals surface area contributed by atoms with Gasteiger partial charge in [-0.3, -0.25) is 4.90 Å². The van der Waals surface area contributed by atoms with Crippen molar-refractivity contribution >= 4 is 0 Å². The van der Waals surface area contributed by atoms with Crippen molar-refractivity contribution in [2.24, 2.45) is 0 Å². The molecule has 0 bridgehead atoms. The third-order valence-electron chi connectivity index (χ3n) is 2.42. The number of aliphatic hydroxyl groups is 1. The summed E-state index contributed by atoms with van der Waals surface area (Å²) in [4.78, 5) is 2.34. The van der Waals surface area contributed by atoms with Gasteiger partial charge in [0.05, 0.1) is 6.10 Å². The van der Waals surface area contributed by atoms with Gasteiger partial charge in [0, 0.05) is 18.6 Å². The Bertz CT molecular complexity index is 101. The summed E-state index contributed by atoms with van der Waals surface area (Å²) in [7, 11) is 0. The monoisotopic (exact) mass is 113 g/mol. The molecule has 3 atom stereocenters. The van der Waals surface area contributed by atoms with E-state index in [1.54, 1.807) is 0 Å². The second-order valence-electron chi connectivity index (χ2n) is 2.92. The molecule has 46 valence electrons. The fourth-order valence-corrected chi connectivity index (χ4v) is 1.70. The Hall–Kier alpha value is -0.0800. The van der Waals surface area contributed by atoms with Gasteiger partial charge in [0.25, 0.3) is 0 Å². The molecule has 2 aliphatic heterocycles. The molecule has 0 saturated carbocycles. The SMILES string of the molecule is CC1CC2C(O)CN12. The van der Waals surface area contributed by atoms with Crippen LogP contribution < -0.4 is 0 Å². The summed E-state index contributed by atoms with van der Waals surface area (Å²) in [6.45, 7) is 3.13. The van der Waals surface area contributed by atoms with Crippen molar-refractivity contribution in [1.29, 1.82) is 0 Å². The van der Waals surface area contributed by atoms with Gasteiger partial charge >= 0.3 is 0 Å². The minimum atomic E-state index is 0.00574. The Balaban J connectivity index is 1.96. The highest BCUT2D eigenvalue weighted by Gasteiger charge is 2.48. The highest BCUT2D eigenvalue weighted by Crippen LogP contribution is 2.35. The van der Waals surface area contributed by atoms with E-state index in [1.165, 1.54) is 6.42 Å². The lowest BCUT2D eigenvalue weighted by Crippen LogP contribution is -2.71. The number of piperidine rings is 1. The second kappa shape index (κ2) is 1.25. The standard InChI is InChI=1S/C6H11NO/c1-4-2-5-6(8)3-7(4)5/h4-6,8H,2-3H2,1H3. The first-order valence-corrected chi connectivity index (χ1v) is 3.23. The Kier molecular flexibility index (Phi) is 0.746. The van der Waals surface area contributed by atoms with Gasteiger partial charge in [0.1, 0.15) is 0 Å². The fraction of sp³-hybridized carbons (Fsp3) is 1.00. The molecule has 8 heavy (non-hydrogen) atoms. The molecule has 0 amide bonds. The molecule has 0 aromatic heterocycles. The molecule has 3 unspecified atom stereocenters. The van der Waals surface area contributed by atoms with E-state index in [4.69, 9.17) is 5.11 Å². The van der Waals surface area contributed by atoms with Crippen LogP contribution in [-0.2, 0) is 0 Å². The van der Waals surface area contributed by atoms with Crippen molar-refractivity contribution in [3.63, 3.8) is 0 Å². The van der Waals surface area contributed by atoms with Crippen LogP contribution in [0.4, 0.5) is 0 Å². The molecule has 2 saturated heterocycles. The largest absolute Gasteiger partial charge is 0.390 e. The van der Waals surface area contributed by atoms with Gasteiger partial charge < -0.3 is 5.11 Å². The molecule has 0 aromatic carbocycles. The summed E-state index contributed by atoms with van der Waals surface area (Å²) in [6, 6.07) is 1.30. The van der Waals surface area contributed by atoms with Crippen molar-refractivity contribution in [2.45, 2.75) is 31.5 Å². The summed E-state index contributed by atoms with van der Waals surface area (Å²) in [5.74, 6) is 0. The van der Waals surface area contributed by atoms with E-state index in [1.807, 2.05) is 0 Å². The predicted octanol–water partition coefficient (Wildman–Crippen LogP) is -0.176. The minimum absolute atomic E-state index is 0.00574. The molecule has 0 aromatic rings. The maximum atomic E-state index is 9.01. The van der Waals surface area contributed by atoms with E-state index in [0.717, 1.165) is 12.6 Å². The van der Waals surface area contributed by atoms with Crippen LogP contribution in [0.3, 0.4) is 0 Å². The maximum Gasteiger partial charge on any atom is 0.0822 e. The molecular formula is C6H11NO. The van der Waals surface area contributed by atoms with Crippen molar-refractivity contribution < 1.29 is 5.11 Å². The van der Waals surface area contributed by atoms with E-state index in [-0.39, 0.29) is 6.10 Å². The maximum absolute atomic E-state index is 9.01. The topological polar surface area (TPSA) is 23.5 Å². The Labute approximate surface area is 49.1 Å². The van der Waals surface area contributed by atoms with E-state index in [9.17, 15) is 0 Å². The molecule has 2 heterocycles. The molecule has 2 heteroatoms. The normalized spacial score (nSPS) is 54.0. The van der Waals surface area contributed by atoms with E-state index < -0.39 is 0 Å². The fourth-order valence-electron chi connectivity index (χ4n) is 1.70. The molecular weight excluding hydrogens is 102 g/mol. The van der Waals surface area contributed by atoms with Crippen molar-refractivity contribution in [3.05, 3.63) is 0 Å². The lowest BCUT2D eigenvalue weighted by Gasteiger charge is -2.58. The zero-order valence-electron chi connectivity index (χ0n) is 5.04. The number of nitrogens with zero attached hydrogens (tertiary/aromatic N) is 1. The van der Waals surface area contributed by atoms with E-state index in [0.29, 0.717) is 6.04 Å². The van der Waals surface area contributed by atoms with Crippen LogP contribution in [0.25, 0.3) is 0 Å². The van der Waals surface area contributed by atoms with Gasteiger partial charge in [-0.25, -0.2) is 0 Å². The number of hydrogen-bond acceptors (Lipinski definition) is 2. The molecule has 2 aliphatic rings. The molecule has 2 rings (SSSR count). The van der Waals surface area contributed by atoms with Crippen molar-refractivity contribution in [1.82, 2.24) is 4.90 Å². The van der Waals surface area contributed by atoms with Crippen LogP contribution in [0.15, 0.2) is 0 Å². The first-order chi connectivity index (χ1) is 3.79. The lowest BCUT2D eigenvalue weighted by molar-refractivity contribution is -0.153. The summed E-state index contributed by atoms with van der Waals surface area (Å²) in [5, 5.41) is 9.01. The van der Waals surface area contributed by atoms with E-state index >= 15 is 0 Å². The Morgan fingerprint density at radius 1 is 1.62 bits per heavy atom. The van der Waals surface area contributed by atoms with Gasteiger partial charge in [-0.1, -0.05) is 0 Å². The van der Waals surface area contributed by atoms with Gasteiger partial charge in [-0.15, -0.1) is 0 Å².